The summed E-state index contributed by atoms with van der Waals surface area (Å²) in [5.41, 5.74) is 0.577. The van der Waals surface area contributed by atoms with Gasteiger partial charge in [-0.1, -0.05) is 11.8 Å². The van der Waals surface area contributed by atoms with E-state index in [0.29, 0.717) is 23.0 Å². The third-order valence-corrected chi connectivity index (χ3v) is 4.09. The molecule has 1 N–H and O–H groups in total. The highest BCUT2D eigenvalue weighted by Crippen LogP contribution is 2.26. The van der Waals surface area contributed by atoms with Crippen LogP contribution >= 0.6 is 11.8 Å². The van der Waals surface area contributed by atoms with Crippen molar-refractivity contribution in [3.63, 3.8) is 0 Å². The number of hydrogen-bond acceptors (Lipinski definition) is 6. The minimum absolute atomic E-state index is 0.0174. The first kappa shape index (κ1) is 12.7. The van der Waals surface area contributed by atoms with E-state index in [4.69, 9.17) is 0 Å². The number of pyridine rings is 1. The maximum Gasteiger partial charge on any atom is 0.272 e. The lowest BCUT2D eigenvalue weighted by Crippen LogP contribution is -2.28. The molecule has 0 fully saturated rings. The number of fused-ring (bicyclic) bond motifs is 1. The van der Waals surface area contributed by atoms with Crippen LogP contribution in [0, 0.1) is 11.3 Å². The van der Waals surface area contributed by atoms with Crippen LogP contribution in [0.4, 0.5) is 0 Å². The van der Waals surface area contributed by atoms with Crippen molar-refractivity contribution in [1.82, 2.24) is 14.5 Å². The molecule has 0 atom stereocenters. The predicted octanol–water partition coefficient (Wildman–Crippen LogP) is 1.38. The molecule has 0 saturated heterocycles. The molecule has 0 amide bonds. The smallest absolute Gasteiger partial charge is 0.272 e. The standard InChI is InChI=1S/C13H10N4O2S/c14-6-9-11(8-2-3-10(18)15-7-8)16-13-17(12(9)19)4-1-5-20-13/h2-3,7H,1,4-5H2,(H,15,18). The van der Waals surface area contributed by atoms with Gasteiger partial charge in [0.25, 0.3) is 5.56 Å². The van der Waals surface area contributed by atoms with Gasteiger partial charge in [0.15, 0.2) is 5.16 Å². The van der Waals surface area contributed by atoms with Gasteiger partial charge in [-0.15, -0.1) is 0 Å². The maximum atomic E-state index is 12.3. The molecule has 1 aliphatic rings. The van der Waals surface area contributed by atoms with Crippen LogP contribution in [0.1, 0.15) is 12.0 Å². The highest BCUT2D eigenvalue weighted by atomic mass is 32.2. The van der Waals surface area contributed by atoms with Gasteiger partial charge in [0.2, 0.25) is 5.88 Å². The van der Waals surface area contributed by atoms with Crippen molar-refractivity contribution < 1.29 is 5.11 Å². The average Bonchev–Trinajstić information content (AvgIpc) is 2.48. The van der Waals surface area contributed by atoms with Crippen molar-refractivity contribution in [3.05, 3.63) is 34.2 Å². The second-order valence-corrected chi connectivity index (χ2v) is 5.36. The molecule has 3 heterocycles. The monoisotopic (exact) mass is 286 g/mol. The molecule has 1 aliphatic heterocycles. The Bertz CT molecular complexity index is 762. The van der Waals surface area contributed by atoms with Crippen molar-refractivity contribution in [1.29, 1.82) is 5.26 Å². The van der Waals surface area contributed by atoms with Crippen molar-refractivity contribution in [2.75, 3.05) is 5.75 Å². The number of nitrogens with zero attached hydrogens (tertiary/aromatic N) is 4. The van der Waals surface area contributed by atoms with Gasteiger partial charge in [-0.3, -0.25) is 9.36 Å². The Labute approximate surface area is 118 Å². The van der Waals surface area contributed by atoms with Crippen LogP contribution in [-0.2, 0) is 6.54 Å². The first-order chi connectivity index (χ1) is 9.70. The molecule has 6 nitrogen and oxygen atoms in total. The van der Waals surface area contributed by atoms with Crippen LogP contribution in [0.15, 0.2) is 28.3 Å². The van der Waals surface area contributed by atoms with Gasteiger partial charge in [-0.25, -0.2) is 9.97 Å². The first-order valence-electron chi connectivity index (χ1n) is 6.04. The van der Waals surface area contributed by atoms with Crippen LogP contribution in [0.3, 0.4) is 0 Å². The minimum Gasteiger partial charge on any atom is -0.493 e. The van der Waals surface area contributed by atoms with Crippen LogP contribution in [0.2, 0.25) is 0 Å². The second kappa shape index (κ2) is 4.98. The van der Waals surface area contributed by atoms with Gasteiger partial charge in [-0.05, 0) is 12.5 Å². The van der Waals surface area contributed by atoms with Crippen LogP contribution < -0.4 is 5.56 Å². The Kier molecular flexibility index (Phi) is 3.16. The normalized spacial score (nSPS) is 13.6. The fourth-order valence-electron chi connectivity index (χ4n) is 2.06. The van der Waals surface area contributed by atoms with Gasteiger partial charge in [0.1, 0.15) is 11.6 Å². The van der Waals surface area contributed by atoms with Gasteiger partial charge in [0, 0.05) is 30.1 Å². The quantitative estimate of drug-likeness (QED) is 0.796. The number of nitriles is 1. The number of aromatic hydroxyl groups is 1. The zero-order valence-corrected chi connectivity index (χ0v) is 11.2. The Morgan fingerprint density at radius 1 is 1.45 bits per heavy atom. The fraction of sp³-hybridized carbons (Fsp3) is 0.231. The van der Waals surface area contributed by atoms with Crippen LogP contribution in [0.25, 0.3) is 11.3 Å². The van der Waals surface area contributed by atoms with Gasteiger partial charge >= 0.3 is 0 Å². The molecule has 0 spiro atoms. The molecule has 0 bridgehead atoms. The third kappa shape index (κ3) is 2.04. The minimum atomic E-state index is -0.312. The molecule has 2 aromatic rings. The van der Waals surface area contributed by atoms with E-state index in [1.807, 2.05) is 6.07 Å². The first-order valence-corrected chi connectivity index (χ1v) is 7.02. The third-order valence-electron chi connectivity index (χ3n) is 3.02. The number of rotatable bonds is 1. The summed E-state index contributed by atoms with van der Waals surface area (Å²) in [7, 11) is 0. The second-order valence-electron chi connectivity index (χ2n) is 4.29. The summed E-state index contributed by atoms with van der Waals surface area (Å²) in [4.78, 5) is 20.5. The van der Waals surface area contributed by atoms with E-state index in [1.165, 1.54) is 24.0 Å². The average molecular weight is 286 g/mol. The summed E-state index contributed by atoms with van der Waals surface area (Å²) in [5.74, 6) is 0.794. The lowest BCUT2D eigenvalue weighted by molar-refractivity contribution is 0.453. The van der Waals surface area contributed by atoms with Crippen molar-refractivity contribution in [3.8, 4) is 23.2 Å². The van der Waals surface area contributed by atoms with E-state index in [-0.39, 0.29) is 17.0 Å². The number of aromatic nitrogens is 3. The van der Waals surface area contributed by atoms with E-state index < -0.39 is 0 Å². The maximum absolute atomic E-state index is 12.3. The molecule has 20 heavy (non-hydrogen) atoms. The van der Waals surface area contributed by atoms with Crippen LogP contribution in [-0.4, -0.2) is 25.4 Å². The van der Waals surface area contributed by atoms with E-state index in [1.54, 1.807) is 10.6 Å². The van der Waals surface area contributed by atoms with Crippen LogP contribution in [0.5, 0.6) is 5.88 Å². The van der Waals surface area contributed by atoms with E-state index in [0.717, 1.165) is 12.2 Å². The fourth-order valence-corrected chi connectivity index (χ4v) is 3.01. The summed E-state index contributed by atoms with van der Waals surface area (Å²) < 4.78 is 1.55. The molecule has 2 aromatic heterocycles. The molecule has 0 unspecified atom stereocenters. The molecule has 0 radical (unpaired) electrons. The zero-order chi connectivity index (χ0) is 14.1. The molecular formula is C13H10N4O2S. The topological polar surface area (TPSA) is 91.8 Å². The van der Waals surface area contributed by atoms with Crippen molar-refractivity contribution in [2.45, 2.75) is 18.1 Å². The van der Waals surface area contributed by atoms with Crippen molar-refractivity contribution >= 4 is 11.8 Å². The van der Waals surface area contributed by atoms with Gasteiger partial charge in [0.05, 0.1) is 5.69 Å². The molecule has 0 saturated carbocycles. The lowest BCUT2D eigenvalue weighted by Gasteiger charge is -2.18. The Morgan fingerprint density at radius 3 is 3.00 bits per heavy atom. The zero-order valence-electron chi connectivity index (χ0n) is 10.4. The molecule has 0 aliphatic carbocycles. The van der Waals surface area contributed by atoms with E-state index in [9.17, 15) is 15.2 Å². The van der Waals surface area contributed by atoms with Gasteiger partial charge in [-0.2, -0.15) is 5.26 Å². The number of hydrogen-bond donors (Lipinski definition) is 1. The summed E-state index contributed by atoms with van der Waals surface area (Å²) in [5, 5.41) is 19.1. The molecule has 0 aromatic carbocycles. The Balaban J connectivity index is 2.25. The Morgan fingerprint density at radius 2 is 2.30 bits per heavy atom. The highest BCUT2D eigenvalue weighted by Gasteiger charge is 2.20. The largest absolute Gasteiger partial charge is 0.493 e. The molecule has 7 heteroatoms. The summed E-state index contributed by atoms with van der Waals surface area (Å²) in [6, 6.07) is 4.93. The lowest BCUT2D eigenvalue weighted by atomic mass is 10.1. The molecular weight excluding hydrogens is 276 g/mol. The number of thioether (sulfide) groups is 1. The summed E-state index contributed by atoms with van der Waals surface area (Å²) in [6.45, 7) is 0.594. The highest BCUT2D eigenvalue weighted by molar-refractivity contribution is 7.99. The summed E-state index contributed by atoms with van der Waals surface area (Å²) >= 11 is 1.51. The van der Waals surface area contributed by atoms with E-state index in [2.05, 4.69) is 9.97 Å². The van der Waals surface area contributed by atoms with Gasteiger partial charge < -0.3 is 5.11 Å². The van der Waals surface area contributed by atoms with Crippen molar-refractivity contribution in [2.24, 2.45) is 0 Å². The molecule has 3 rings (SSSR count). The Hall–Kier alpha value is -2.33. The SMILES string of the molecule is N#Cc1c(-c2ccc(O)nc2)nc2n(c1=O)CCCS2. The van der Waals surface area contributed by atoms with E-state index >= 15 is 0 Å². The summed E-state index contributed by atoms with van der Waals surface area (Å²) in [6.07, 6.45) is 2.30. The molecule has 100 valence electrons. The predicted molar refractivity (Wildman–Crippen MR) is 73.4 cm³/mol.